The monoisotopic (exact) mass is 276 g/mol. The summed E-state index contributed by atoms with van der Waals surface area (Å²) in [5, 5.41) is 1.20. The van der Waals surface area contributed by atoms with Gasteiger partial charge in [0.1, 0.15) is 0 Å². The van der Waals surface area contributed by atoms with Gasteiger partial charge in [-0.05, 0) is 23.8 Å². The highest BCUT2D eigenvalue weighted by Crippen LogP contribution is 2.16. The SMILES string of the molecule is ClCC1CN(Cc2ccc3ncccc3c2)CCO1. The number of fused-ring (bicyclic) bond motifs is 1. The molecular weight excluding hydrogens is 260 g/mol. The molecule has 3 rings (SSSR count). The number of pyridine rings is 1. The molecule has 0 bridgehead atoms. The lowest BCUT2D eigenvalue weighted by molar-refractivity contribution is -0.0193. The van der Waals surface area contributed by atoms with Gasteiger partial charge in [-0.2, -0.15) is 0 Å². The van der Waals surface area contributed by atoms with Gasteiger partial charge >= 0.3 is 0 Å². The van der Waals surface area contributed by atoms with Gasteiger partial charge in [0.05, 0.1) is 18.2 Å². The fraction of sp³-hybridized carbons (Fsp3) is 0.400. The largest absolute Gasteiger partial charge is 0.374 e. The minimum Gasteiger partial charge on any atom is -0.374 e. The van der Waals surface area contributed by atoms with E-state index in [2.05, 4.69) is 34.1 Å². The van der Waals surface area contributed by atoms with Gasteiger partial charge < -0.3 is 4.74 Å². The van der Waals surface area contributed by atoms with Crippen molar-refractivity contribution < 1.29 is 4.74 Å². The number of ether oxygens (including phenoxy) is 1. The van der Waals surface area contributed by atoms with Crippen molar-refractivity contribution in [1.29, 1.82) is 0 Å². The summed E-state index contributed by atoms with van der Waals surface area (Å²) >= 11 is 5.87. The Kier molecular flexibility index (Phi) is 3.97. The Balaban J connectivity index is 1.74. The van der Waals surface area contributed by atoms with E-state index in [1.54, 1.807) is 0 Å². The minimum atomic E-state index is 0.164. The van der Waals surface area contributed by atoms with E-state index in [0.717, 1.165) is 31.8 Å². The summed E-state index contributed by atoms with van der Waals surface area (Å²) in [5.41, 5.74) is 2.36. The van der Waals surface area contributed by atoms with Gasteiger partial charge in [0, 0.05) is 37.1 Å². The first-order chi connectivity index (χ1) is 9.35. The lowest BCUT2D eigenvalue weighted by Crippen LogP contribution is -2.42. The molecule has 1 aliphatic rings. The summed E-state index contributed by atoms with van der Waals surface area (Å²) in [6, 6.07) is 10.5. The third kappa shape index (κ3) is 3.06. The van der Waals surface area contributed by atoms with Gasteiger partial charge in [-0.3, -0.25) is 9.88 Å². The predicted octanol–water partition coefficient (Wildman–Crippen LogP) is 2.67. The van der Waals surface area contributed by atoms with Crippen molar-refractivity contribution in [3.05, 3.63) is 42.1 Å². The van der Waals surface area contributed by atoms with Crippen molar-refractivity contribution in [2.75, 3.05) is 25.6 Å². The van der Waals surface area contributed by atoms with Gasteiger partial charge in [-0.25, -0.2) is 0 Å². The molecule has 1 atom stereocenters. The Morgan fingerprint density at radius 2 is 2.32 bits per heavy atom. The van der Waals surface area contributed by atoms with Crippen molar-refractivity contribution in [3.63, 3.8) is 0 Å². The maximum atomic E-state index is 5.87. The average molecular weight is 277 g/mol. The van der Waals surface area contributed by atoms with Crippen LogP contribution in [0.5, 0.6) is 0 Å². The second-order valence-electron chi connectivity index (χ2n) is 4.91. The fourth-order valence-electron chi connectivity index (χ4n) is 2.50. The van der Waals surface area contributed by atoms with Crippen molar-refractivity contribution in [2.45, 2.75) is 12.6 Å². The van der Waals surface area contributed by atoms with E-state index < -0.39 is 0 Å². The molecule has 0 saturated carbocycles. The molecule has 100 valence electrons. The van der Waals surface area contributed by atoms with Crippen LogP contribution < -0.4 is 0 Å². The molecule has 3 nitrogen and oxygen atoms in total. The minimum absolute atomic E-state index is 0.164. The maximum Gasteiger partial charge on any atom is 0.0837 e. The molecule has 2 aromatic rings. The molecule has 0 spiro atoms. The van der Waals surface area contributed by atoms with Gasteiger partial charge in [0.2, 0.25) is 0 Å². The highest BCUT2D eigenvalue weighted by atomic mass is 35.5. The number of hydrogen-bond acceptors (Lipinski definition) is 3. The van der Waals surface area contributed by atoms with Crippen LogP contribution in [0.2, 0.25) is 0 Å². The molecule has 1 fully saturated rings. The smallest absolute Gasteiger partial charge is 0.0837 e. The first kappa shape index (κ1) is 12.9. The molecule has 4 heteroatoms. The van der Waals surface area contributed by atoms with Crippen LogP contribution in [0.15, 0.2) is 36.5 Å². The second kappa shape index (κ2) is 5.87. The zero-order chi connectivity index (χ0) is 13.1. The van der Waals surface area contributed by atoms with Crippen molar-refractivity contribution in [3.8, 4) is 0 Å². The number of nitrogens with zero attached hydrogens (tertiary/aromatic N) is 2. The average Bonchev–Trinajstić information content (AvgIpc) is 2.47. The summed E-state index contributed by atoms with van der Waals surface area (Å²) in [4.78, 5) is 6.74. The molecule has 0 radical (unpaired) electrons. The van der Waals surface area contributed by atoms with Crippen molar-refractivity contribution in [2.24, 2.45) is 0 Å². The van der Waals surface area contributed by atoms with Gasteiger partial charge in [0.15, 0.2) is 0 Å². The molecule has 1 unspecified atom stereocenters. The van der Waals surface area contributed by atoms with Crippen molar-refractivity contribution in [1.82, 2.24) is 9.88 Å². The van der Waals surface area contributed by atoms with Crippen LogP contribution in [0.25, 0.3) is 10.9 Å². The van der Waals surface area contributed by atoms with Crippen LogP contribution in [0.1, 0.15) is 5.56 Å². The Hall–Kier alpha value is -1.16. The lowest BCUT2D eigenvalue weighted by Gasteiger charge is -2.32. The number of hydrogen-bond donors (Lipinski definition) is 0. The summed E-state index contributed by atoms with van der Waals surface area (Å²) in [7, 11) is 0. The zero-order valence-corrected chi connectivity index (χ0v) is 11.5. The first-order valence-corrected chi connectivity index (χ1v) is 7.12. The topological polar surface area (TPSA) is 25.4 Å². The van der Waals surface area contributed by atoms with Crippen LogP contribution in [0, 0.1) is 0 Å². The zero-order valence-electron chi connectivity index (χ0n) is 10.8. The van der Waals surface area contributed by atoms with E-state index in [-0.39, 0.29) is 6.10 Å². The summed E-state index contributed by atoms with van der Waals surface area (Å²) in [6.45, 7) is 3.60. The van der Waals surface area contributed by atoms with E-state index in [4.69, 9.17) is 16.3 Å². The van der Waals surface area contributed by atoms with Gasteiger partial charge in [0.25, 0.3) is 0 Å². The number of rotatable bonds is 3. The third-order valence-electron chi connectivity index (χ3n) is 3.47. The van der Waals surface area contributed by atoms with Crippen LogP contribution in [-0.2, 0) is 11.3 Å². The van der Waals surface area contributed by atoms with Crippen LogP contribution in [0.4, 0.5) is 0 Å². The maximum absolute atomic E-state index is 5.87. The van der Waals surface area contributed by atoms with E-state index in [9.17, 15) is 0 Å². The van der Waals surface area contributed by atoms with Crippen molar-refractivity contribution >= 4 is 22.5 Å². The number of halogens is 1. The fourth-order valence-corrected chi connectivity index (χ4v) is 2.69. The number of aromatic nitrogens is 1. The first-order valence-electron chi connectivity index (χ1n) is 6.59. The Labute approximate surface area is 118 Å². The Morgan fingerprint density at radius 1 is 1.37 bits per heavy atom. The molecule has 0 aliphatic carbocycles. The number of alkyl halides is 1. The number of morpholine rings is 1. The quantitative estimate of drug-likeness (QED) is 0.806. The molecule has 1 aromatic heterocycles. The van der Waals surface area contributed by atoms with E-state index >= 15 is 0 Å². The summed E-state index contributed by atoms with van der Waals surface area (Å²) < 4.78 is 5.58. The Bertz CT molecular complexity index is 561. The van der Waals surface area contributed by atoms with Gasteiger partial charge in [-0.1, -0.05) is 12.1 Å². The Morgan fingerprint density at radius 3 is 3.21 bits per heavy atom. The standard InChI is InChI=1S/C15H17ClN2O/c16-9-14-11-18(6-7-19-14)10-12-3-4-15-13(8-12)2-1-5-17-15/h1-5,8,14H,6-7,9-11H2. The van der Waals surface area contributed by atoms with E-state index in [0.29, 0.717) is 5.88 Å². The molecule has 1 aromatic carbocycles. The molecular formula is C15H17ClN2O. The molecule has 2 heterocycles. The predicted molar refractivity (Wildman–Crippen MR) is 77.5 cm³/mol. The third-order valence-corrected chi connectivity index (χ3v) is 3.81. The molecule has 0 amide bonds. The van der Waals surface area contributed by atoms with E-state index in [1.165, 1.54) is 10.9 Å². The van der Waals surface area contributed by atoms with Crippen LogP contribution in [-0.4, -0.2) is 41.6 Å². The second-order valence-corrected chi connectivity index (χ2v) is 5.22. The van der Waals surface area contributed by atoms with Gasteiger partial charge in [-0.15, -0.1) is 11.6 Å². The lowest BCUT2D eigenvalue weighted by atomic mass is 10.1. The van der Waals surface area contributed by atoms with Crippen LogP contribution in [0.3, 0.4) is 0 Å². The molecule has 0 N–H and O–H groups in total. The molecule has 1 aliphatic heterocycles. The van der Waals surface area contributed by atoms with E-state index in [1.807, 2.05) is 12.3 Å². The number of benzene rings is 1. The molecule has 1 saturated heterocycles. The highest BCUT2D eigenvalue weighted by molar-refractivity contribution is 6.18. The highest BCUT2D eigenvalue weighted by Gasteiger charge is 2.19. The molecule has 19 heavy (non-hydrogen) atoms. The summed E-state index contributed by atoms with van der Waals surface area (Å²) in [6.07, 6.45) is 1.99. The summed E-state index contributed by atoms with van der Waals surface area (Å²) in [5.74, 6) is 0.568. The normalized spacial score (nSPS) is 20.8. The van der Waals surface area contributed by atoms with Crippen LogP contribution >= 0.6 is 11.6 Å².